The minimum Gasteiger partial charge on any atom is -0.462 e. The zero-order valence-corrected chi connectivity index (χ0v) is 33.6. The van der Waals surface area contributed by atoms with Crippen LogP contribution in [0.1, 0.15) is 63.7 Å². The lowest BCUT2D eigenvalue weighted by molar-refractivity contribution is 0.0514. The first-order chi connectivity index (χ1) is 31.0. The van der Waals surface area contributed by atoms with Crippen LogP contribution in [0.3, 0.4) is 0 Å². The van der Waals surface area contributed by atoms with Crippen molar-refractivity contribution >= 4 is 39.4 Å². The van der Waals surface area contributed by atoms with E-state index in [0.717, 1.165) is 24.2 Å². The zero-order valence-electron chi connectivity index (χ0n) is 33.6. The smallest absolute Gasteiger partial charge is 0.343 e. The Bertz CT molecular complexity index is 3360. The van der Waals surface area contributed by atoms with Crippen LogP contribution in [0.4, 0.5) is 18.9 Å². The number of rotatable bonds is 6. The summed E-state index contributed by atoms with van der Waals surface area (Å²) in [4.78, 5) is 61.2. The molecule has 0 aliphatic carbocycles. The first-order valence-electron chi connectivity index (χ1n) is 19.7. The van der Waals surface area contributed by atoms with Gasteiger partial charge >= 0.3 is 11.9 Å². The molecule has 1 unspecified atom stereocenters. The van der Waals surface area contributed by atoms with E-state index in [-0.39, 0.29) is 69.3 Å². The first kappa shape index (κ1) is 40.9. The summed E-state index contributed by atoms with van der Waals surface area (Å²) in [5.41, 5.74) is 0.732. The molecule has 0 N–H and O–H groups in total. The Kier molecular flexibility index (Phi) is 10.3. The van der Waals surface area contributed by atoms with Gasteiger partial charge in [0.2, 0.25) is 16.7 Å². The second-order valence-electron chi connectivity index (χ2n) is 14.6. The molecule has 3 aromatic heterocycles. The van der Waals surface area contributed by atoms with Gasteiger partial charge < -0.3 is 33.0 Å². The topological polar surface area (TPSA) is 192 Å². The number of pyridine rings is 2. The third-order valence-corrected chi connectivity index (χ3v) is 10.9. The van der Waals surface area contributed by atoms with Crippen LogP contribution in [-0.2, 0) is 9.47 Å². The third kappa shape index (κ3) is 6.68. The monoisotopic (exact) mass is 865 g/mol. The van der Waals surface area contributed by atoms with Crippen molar-refractivity contribution in [1.29, 1.82) is 10.5 Å². The summed E-state index contributed by atoms with van der Waals surface area (Å²) in [6.07, 6.45) is 8.26. The molecule has 1 fully saturated rings. The number of nitriles is 2. The van der Waals surface area contributed by atoms with E-state index in [0.29, 0.717) is 41.3 Å². The SMILES string of the molecule is CCOC(=O)c1cn2c3c(c(F)c(F)cc3c1=O)Oc1ccc(C#N)cc1-2.CCOC(=O)c1cn2c3c(c(N4CCC(c5cnccn5)C4)c(F)cc3c1=O)Oc1ccc(C#N)cc1-2. The van der Waals surface area contributed by atoms with E-state index in [9.17, 15) is 33.2 Å². The van der Waals surface area contributed by atoms with Crippen LogP contribution in [0.15, 0.2) is 89.1 Å². The van der Waals surface area contributed by atoms with Crippen molar-refractivity contribution in [3.8, 4) is 46.5 Å². The minimum absolute atomic E-state index is 0.0144. The average molecular weight is 866 g/mol. The number of anilines is 1. The van der Waals surface area contributed by atoms with Crippen molar-refractivity contribution in [2.24, 2.45) is 0 Å². The maximum atomic E-state index is 15.8. The Morgan fingerprint density at radius 3 is 1.86 bits per heavy atom. The molecule has 64 heavy (non-hydrogen) atoms. The Labute approximate surface area is 359 Å². The highest BCUT2D eigenvalue weighted by atomic mass is 19.2. The summed E-state index contributed by atoms with van der Waals surface area (Å²) in [7, 11) is 0. The van der Waals surface area contributed by atoms with E-state index >= 15 is 4.39 Å². The van der Waals surface area contributed by atoms with Crippen LogP contribution in [0.5, 0.6) is 23.0 Å². The van der Waals surface area contributed by atoms with Crippen LogP contribution < -0.4 is 25.2 Å². The molecule has 3 aliphatic rings. The van der Waals surface area contributed by atoms with Gasteiger partial charge in [-0.25, -0.2) is 18.4 Å². The van der Waals surface area contributed by atoms with Gasteiger partial charge in [0.05, 0.1) is 64.3 Å². The van der Waals surface area contributed by atoms with Gasteiger partial charge in [0.15, 0.2) is 34.6 Å². The molecular weight excluding hydrogens is 836 g/mol. The standard InChI is InChI=1S/C27H20FN5O4.C19H10F2N2O4/c1-2-36-27(35)18-14-33-21-9-15(11-29)3-4-22(21)37-26-23(33)17(25(18)34)10-19(28)24(26)32-8-5-16(13-32)20-12-30-6-7-31-20;1-2-26-19(25)11-8-23-13-5-9(7-22)3-4-14(13)27-18-15(21)12(20)6-10(16(18)23)17(11)24/h3-4,6-7,9-10,12,14,16H,2,5,8,13H2,1H3;3-6,8H,2H2,1H3. The number of carbonyl (C=O) groups excluding carboxylic acids is 2. The number of hydrogen-bond acceptors (Lipinski definition) is 13. The Morgan fingerprint density at radius 1 is 0.781 bits per heavy atom. The highest BCUT2D eigenvalue weighted by molar-refractivity contribution is 6.00. The fourth-order valence-electron chi connectivity index (χ4n) is 8.06. The fraction of sp³-hybridized carbons (Fsp3) is 0.174. The highest BCUT2D eigenvalue weighted by Crippen LogP contribution is 2.48. The van der Waals surface area contributed by atoms with E-state index in [1.165, 1.54) is 35.2 Å². The van der Waals surface area contributed by atoms with Gasteiger partial charge in [0.25, 0.3) is 0 Å². The lowest BCUT2D eigenvalue weighted by Gasteiger charge is -2.29. The van der Waals surface area contributed by atoms with Crippen LogP contribution in [0, 0.1) is 40.1 Å². The summed E-state index contributed by atoms with van der Waals surface area (Å²) >= 11 is 0. The molecule has 15 nitrogen and oxygen atoms in total. The van der Waals surface area contributed by atoms with Crippen molar-refractivity contribution in [2.75, 3.05) is 31.2 Å². The molecule has 0 bridgehead atoms. The summed E-state index contributed by atoms with van der Waals surface area (Å²) < 4.78 is 68.8. The molecule has 0 spiro atoms. The van der Waals surface area contributed by atoms with Gasteiger partial charge in [0.1, 0.15) is 27.8 Å². The number of aromatic nitrogens is 4. The minimum atomic E-state index is -1.28. The fourth-order valence-corrected chi connectivity index (χ4v) is 8.06. The number of nitrogens with zero attached hydrogens (tertiary/aromatic N) is 7. The maximum absolute atomic E-state index is 15.8. The summed E-state index contributed by atoms with van der Waals surface area (Å²) in [5.74, 6) is -4.58. The normalized spacial score (nSPS) is 13.9. The van der Waals surface area contributed by atoms with Gasteiger partial charge in [-0.1, -0.05) is 0 Å². The van der Waals surface area contributed by atoms with Gasteiger partial charge in [-0.2, -0.15) is 14.9 Å². The molecule has 3 aliphatic heterocycles. The summed E-state index contributed by atoms with van der Waals surface area (Å²) in [5, 5.41) is 18.3. The molecule has 4 aromatic carbocycles. The lowest BCUT2D eigenvalue weighted by atomic mass is 10.0. The number of carbonyl (C=O) groups is 2. The van der Waals surface area contributed by atoms with E-state index in [4.69, 9.17) is 24.2 Å². The van der Waals surface area contributed by atoms with Gasteiger partial charge in [0, 0.05) is 50.0 Å². The molecule has 10 rings (SSSR count). The predicted molar refractivity (Wildman–Crippen MR) is 222 cm³/mol. The lowest BCUT2D eigenvalue weighted by Crippen LogP contribution is -2.25. The largest absolute Gasteiger partial charge is 0.462 e. The number of fused-ring (bicyclic) bond motifs is 4. The van der Waals surface area contributed by atoms with E-state index in [1.54, 1.807) is 55.2 Å². The molecule has 1 atom stereocenters. The molecule has 7 aromatic rings. The number of hydrogen-bond donors (Lipinski definition) is 0. The number of halogens is 3. The first-order valence-corrected chi connectivity index (χ1v) is 19.7. The molecule has 0 radical (unpaired) electrons. The van der Waals surface area contributed by atoms with Crippen molar-refractivity contribution < 1.29 is 41.7 Å². The van der Waals surface area contributed by atoms with Crippen LogP contribution in [-0.4, -0.2) is 57.3 Å². The molecule has 1 saturated heterocycles. The van der Waals surface area contributed by atoms with E-state index in [1.807, 2.05) is 11.0 Å². The predicted octanol–water partition coefficient (Wildman–Crippen LogP) is 7.49. The quantitative estimate of drug-likeness (QED) is 0.150. The Morgan fingerprint density at radius 2 is 1.33 bits per heavy atom. The molecule has 18 heteroatoms. The van der Waals surface area contributed by atoms with Crippen LogP contribution >= 0.6 is 0 Å². The van der Waals surface area contributed by atoms with Crippen LogP contribution in [0.25, 0.3) is 33.2 Å². The summed E-state index contributed by atoms with van der Waals surface area (Å²) in [6, 6.07) is 15.1. The van der Waals surface area contributed by atoms with E-state index in [2.05, 4.69) is 16.0 Å². The maximum Gasteiger partial charge on any atom is 0.343 e. The van der Waals surface area contributed by atoms with Crippen molar-refractivity contribution in [3.05, 3.63) is 145 Å². The Hall–Kier alpha value is -8.51. The molecule has 6 heterocycles. The second-order valence-corrected chi connectivity index (χ2v) is 14.6. The number of ether oxygens (including phenoxy) is 4. The van der Waals surface area contributed by atoms with Crippen molar-refractivity contribution in [3.63, 3.8) is 0 Å². The Balaban J connectivity index is 0.000000170. The average Bonchev–Trinajstić information content (AvgIpc) is 3.79. The van der Waals surface area contributed by atoms with Gasteiger partial charge in [-0.05, 0) is 68.8 Å². The zero-order chi connectivity index (χ0) is 45.0. The highest BCUT2D eigenvalue weighted by Gasteiger charge is 2.35. The number of esters is 2. The van der Waals surface area contributed by atoms with Gasteiger partial charge in [-0.15, -0.1) is 0 Å². The second kappa shape index (κ2) is 16.1. The summed E-state index contributed by atoms with van der Waals surface area (Å²) in [6.45, 7) is 4.37. The molecule has 318 valence electrons. The van der Waals surface area contributed by atoms with Crippen molar-refractivity contribution in [1.82, 2.24) is 19.1 Å². The molecule has 0 saturated carbocycles. The third-order valence-electron chi connectivity index (χ3n) is 10.9. The van der Waals surface area contributed by atoms with E-state index < -0.39 is 46.0 Å². The molecule has 0 amide bonds. The van der Waals surface area contributed by atoms with Crippen LogP contribution in [0.2, 0.25) is 0 Å². The number of benzene rings is 4. The van der Waals surface area contributed by atoms with Crippen molar-refractivity contribution in [2.45, 2.75) is 26.2 Å². The molecular formula is C46H30F3N7O8. The van der Waals surface area contributed by atoms with Gasteiger partial charge in [-0.3, -0.25) is 19.6 Å².